The molecule has 0 radical (unpaired) electrons. The zero-order valence-electron chi connectivity index (χ0n) is 22.7. The van der Waals surface area contributed by atoms with E-state index < -0.39 is 23.8 Å². The van der Waals surface area contributed by atoms with Crippen molar-refractivity contribution in [2.75, 3.05) is 6.54 Å². The fourth-order valence-electron chi connectivity index (χ4n) is 4.60. The van der Waals surface area contributed by atoms with Crippen LogP contribution < -0.4 is 10.6 Å². The van der Waals surface area contributed by atoms with Crippen molar-refractivity contribution in [3.8, 4) is 0 Å². The molecule has 1 fully saturated rings. The van der Waals surface area contributed by atoms with Gasteiger partial charge in [0, 0.05) is 12.6 Å². The van der Waals surface area contributed by atoms with Crippen molar-refractivity contribution in [1.29, 1.82) is 0 Å². The number of amides is 3. The van der Waals surface area contributed by atoms with Crippen LogP contribution in [0, 0.1) is 13.8 Å². The monoisotopic (exact) mass is 487 g/mol. The third-order valence-electron chi connectivity index (χ3n) is 6.37. The summed E-state index contributed by atoms with van der Waals surface area (Å²) in [6, 6.07) is 4.50. The molecule has 7 nitrogen and oxygen atoms in total. The topological polar surface area (TPSA) is 87.7 Å². The van der Waals surface area contributed by atoms with E-state index in [1.54, 1.807) is 32.6 Å². The third-order valence-corrected chi connectivity index (χ3v) is 6.37. The lowest BCUT2D eigenvalue weighted by atomic mass is 9.93. The number of carbonyl (C=O) groups is 3. The van der Waals surface area contributed by atoms with E-state index >= 15 is 0 Å². The predicted octanol–water partition coefficient (Wildman–Crippen LogP) is 5.34. The molecule has 35 heavy (non-hydrogen) atoms. The largest absolute Gasteiger partial charge is 0.444 e. The molecule has 1 aliphatic carbocycles. The number of alkyl carbamates (subject to hydrolysis) is 1. The summed E-state index contributed by atoms with van der Waals surface area (Å²) in [5.41, 5.74) is 2.22. The van der Waals surface area contributed by atoms with Gasteiger partial charge in [0.25, 0.3) is 0 Å². The Balaban J connectivity index is 2.38. The van der Waals surface area contributed by atoms with E-state index in [4.69, 9.17) is 4.74 Å². The number of unbranched alkanes of at least 4 members (excludes halogenated alkanes) is 1. The summed E-state index contributed by atoms with van der Waals surface area (Å²) in [4.78, 5) is 41.5. The van der Waals surface area contributed by atoms with Crippen molar-refractivity contribution < 1.29 is 19.1 Å². The molecule has 7 heteroatoms. The van der Waals surface area contributed by atoms with Gasteiger partial charge in [0.05, 0.1) is 0 Å². The number of aryl methyl sites for hydroxylation is 2. The molecule has 2 atom stereocenters. The van der Waals surface area contributed by atoms with Crippen LogP contribution in [0.15, 0.2) is 18.2 Å². The molecule has 1 aromatic carbocycles. The minimum Gasteiger partial charge on any atom is -0.444 e. The zero-order chi connectivity index (χ0) is 26.2. The first-order chi connectivity index (χ1) is 16.4. The Morgan fingerprint density at radius 2 is 1.77 bits per heavy atom. The molecule has 0 aromatic heterocycles. The van der Waals surface area contributed by atoms with Crippen molar-refractivity contribution in [2.24, 2.45) is 0 Å². The van der Waals surface area contributed by atoms with Crippen LogP contribution in [0.4, 0.5) is 4.79 Å². The van der Waals surface area contributed by atoms with Gasteiger partial charge in [0.2, 0.25) is 11.8 Å². The normalized spacial score (nSPS) is 16.2. The van der Waals surface area contributed by atoms with E-state index in [0.717, 1.165) is 55.2 Å². The second-order valence-electron chi connectivity index (χ2n) is 10.9. The molecule has 1 aliphatic rings. The van der Waals surface area contributed by atoms with Crippen molar-refractivity contribution in [2.45, 2.75) is 117 Å². The van der Waals surface area contributed by atoms with Gasteiger partial charge in [-0.25, -0.2) is 4.79 Å². The predicted molar refractivity (Wildman–Crippen MR) is 139 cm³/mol. The number of hydrogen-bond acceptors (Lipinski definition) is 4. The number of hydrogen-bond donors (Lipinski definition) is 2. The maximum atomic E-state index is 13.8. The van der Waals surface area contributed by atoms with Gasteiger partial charge in [-0.3, -0.25) is 9.59 Å². The number of carbonyl (C=O) groups excluding carboxylic acids is 3. The zero-order valence-corrected chi connectivity index (χ0v) is 22.7. The highest BCUT2D eigenvalue weighted by molar-refractivity contribution is 5.92. The van der Waals surface area contributed by atoms with Crippen LogP contribution in [-0.4, -0.2) is 47.0 Å². The minimum atomic E-state index is -0.836. The maximum absolute atomic E-state index is 13.8. The van der Waals surface area contributed by atoms with Crippen molar-refractivity contribution >= 4 is 17.9 Å². The van der Waals surface area contributed by atoms with E-state index in [2.05, 4.69) is 17.6 Å². The molecular weight excluding hydrogens is 442 g/mol. The van der Waals surface area contributed by atoms with E-state index in [9.17, 15) is 14.4 Å². The van der Waals surface area contributed by atoms with Crippen molar-refractivity contribution in [3.05, 3.63) is 34.9 Å². The summed E-state index contributed by atoms with van der Waals surface area (Å²) in [5.74, 6) is -0.453. The Bertz CT molecular complexity index is 871. The van der Waals surface area contributed by atoms with Crippen molar-refractivity contribution in [3.63, 3.8) is 0 Å². The summed E-state index contributed by atoms with van der Waals surface area (Å²) in [6.07, 6.45) is 6.31. The SMILES string of the molecule is CCCCN(C(=O)C(C)NC(=O)OC(C)(C)C)C(C(=O)NC1CCCCC1)c1ccc(C)cc1C. The highest BCUT2D eigenvalue weighted by Crippen LogP contribution is 2.28. The number of rotatable bonds is 9. The molecule has 0 heterocycles. The Morgan fingerprint density at radius 3 is 2.34 bits per heavy atom. The summed E-state index contributed by atoms with van der Waals surface area (Å²) >= 11 is 0. The summed E-state index contributed by atoms with van der Waals surface area (Å²) < 4.78 is 5.34. The lowest BCUT2D eigenvalue weighted by Gasteiger charge is -2.35. The first-order valence-corrected chi connectivity index (χ1v) is 13.1. The van der Waals surface area contributed by atoms with Crippen LogP contribution in [0.1, 0.15) is 102 Å². The van der Waals surface area contributed by atoms with Gasteiger partial charge in [-0.05, 0) is 71.9 Å². The van der Waals surface area contributed by atoms with Crippen LogP contribution in [-0.2, 0) is 14.3 Å². The van der Waals surface area contributed by atoms with Gasteiger partial charge in [-0.15, -0.1) is 0 Å². The Labute approximate surface area is 211 Å². The summed E-state index contributed by atoms with van der Waals surface area (Å²) in [7, 11) is 0. The minimum absolute atomic E-state index is 0.130. The highest BCUT2D eigenvalue weighted by atomic mass is 16.6. The van der Waals surface area contributed by atoms with E-state index in [1.165, 1.54) is 6.42 Å². The molecule has 2 unspecified atom stereocenters. The molecule has 196 valence electrons. The molecule has 1 saturated carbocycles. The highest BCUT2D eigenvalue weighted by Gasteiger charge is 2.36. The molecule has 2 rings (SSSR count). The molecule has 2 N–H and O–H groups in total. The second-order valence-corrected chi connectivity index (χ2v) is 10.9. The van der Waals surface area contributed by atoms with E-state index in [-0.39, 0.29) is 17.9 Å². The van der Waals surface area contributed by atoms with Gasteiger partial charge in [-0.1, -0.05) is 56.4 Å². The molecular formula is C28H45N3O4. The second kappa shape index (κ2) is 12.9. The summed E-state index contributed by atoms with van der Waals surface area (Å²) in [5, 5.41) is 5.90. The lowest BCUT2D eigenvalue weighted by molar-refractivity contribution is -0.142. The van der Waals surface area contributed by atoms with Crippen LogP contribution in [0.2, 0.25) is 0 Å². The number of nitrogens with zero attached hydrogens (tertiary/aromatic N) is 1. The standard InChI is InChI=1S/C28H45N3O4/c1-8-9-17-31(26(33)21(4)29-27(34)35-28(5,6)7)24(23-16-15-19(2)18-20(23)3)25(32)30-22-13-11-10-12-14-22/h15-16,18,21-22,24H,8-14,17H2,1-7H3,(H,29,34)(H,30,32). The number of benzene rings is 1. The Kier molecular flexibility index (Phi) is 10.6. The Morgan fingerprint density at radius 1 is 1.11 bits per heavy atom. The summed E-state index contributed by atoms with van der Waals surface area (Å²) in [6.45, 7) is 13.4. The maximum Gasteiger partial charge on any atom is 0.408 e. The smallest absolute Gasteiger partial charge is 0.408 e. The van der Waals surface area contributed by atoms with Gasteiger partial charge < -0.3 is 20.3 Å². The lowest BCUT2D eigenvalue weighted by Crippen LogP contribution is -2.53. The molecule has 1 aromatic rings. The fourth-order valence-corrected chi connectivity index (χ4v) is 4.60. The van der Waals surface area contributed by atoms with Gasteiger partial charge in [0.1, 0.15) is 17.7 Å². The van der Waals surface area contributed by atoms with E-state index in [0.29, 0.717) is 6.54 Å². The molecule has 0 bridgehead atoms. The van der Waals surface area contributed by atoms with E-state index in [1.807, 2.05) is 32.0 Å². The van der Waals surface area contributed by atoms with Crippen LogP contribution >= 0.6 is 0 Å². The Hall–Kier alpha value is -2.57. The van der Waals surface area contributed by atoms with Gasteiger partial charge in [-0.2, -0.15) is 0 Å². The quantitative estimate of drug-likeness (QED) is 0.492. The molecule has 0 saturated heterocycles. The van der Waals surface area contributed by atoms with Crippen LogP contribution in [0.25, 0.3) is 0 Å². The third kappa shape index (κ3) is 8.86. The van der Waals surface area contributed by atoms with Crippen LogP contribution in [0.5, 0.6) is 0 Å². The van der Waals surface area contributed by atoms with Crippen LogP contribution in [0.3, 0.4) is 0 Å². The average Bonchev–Trinajstić information content (AvgIpc) is 2.76. The fraction of sp³-hybridized carbons (Fsp3) is 0.679. The number of nitrogens with one attached hydrogen (secondary N) is 2. The molecule has 0 aliphatic heterocycles. The van der Waals surface area contributed by atoms with Gasteiger partial charge in [0.15, 0.2) is 0 Å². The van der Waals surface area contributed by atoms with Crippen molar-refractivity contribution in [1.82, 2.24) is 15.5 Å². The molecule has 3 amide bonds. The first kappa shape index (κ1) is 28.7. The number of ether oxygens (including phenoxy) is 1. The molecule has 0 spiro atoms. The first-order valence-electron chi connectivity index (χ1n) is 13.1. The average molecular weight is 488 g/mol. The van der Waals surface area contributed by atoms with Gasteiger partial charge >= 0.3 is 6.09 Å².